The number of aromatic nitrogens is 2. The van der Waals surface area contributed by atoms with Crippen molar-refractivity contribution in [2.75, 3.05) is 10.7 Å². The van der Waals surface area contributed by atoms with Gasteiger partial charge in [-0.1, -0.05) is 6.92 Å². The predicted octanol–water partition coefficient (Wildman–Crippen LogP) is 1.95. The van der Waals surface area contributed by atoms with Crippen LogP contribution in [0.4, 0.5) is 10.8 Å². The summed E-state index contributed by atoms with van der Waals surface area (Å²) < 4.78 is 0. The number of nitrogens with two attached hydrogens (primary N) is 1. The third-order valence-electron chi connectivity index (χ3n) is 2.61. The SMILES string of the molecule is CCc1nc(NC(=O)c2ccc(NN)cn2)sc1C. The smallest absolute Gasteiger partial charge is 0.276 e. The molecule has 0 saturated carbocycles. The van der Waals surface area contributed by atoms with E-state index in [1.807, 2.05) is 13.8 Å². The molecule has 0 fully saturated rings. The molecule has 0 radical (unpaired) electrons. The van der Waals surface area contributed by atoms with Crippen molar-refractivity contribution in [3.8, 4) is 0 Å². The monoisotopic (exact) mass is 277 g/mol. The summed E-state index contributed by atoms with van der Waals surface area (Å²) in [7, 11) is 0. The van der Waals surface area contributed by atoms with Crippen molar-refractivity contribution in [3.63, 3.8) is 0 Å². The maximum atomic E-state index is 12.0. The van der Waals surface area contributed by atoms with Gasteiger partial charge in [0.05, 0.1) is 17.6 Å². The normalized spacial score (nSPS) is 10.3. The van der Waals surface area contributed by atoms with Gasteiger partial charge in [0.25, 0.3) is 5.91 Å². The highest BCUT2D eigenvalue weighted by atomic mass is 32.1. The van der Waals surface area contributed by atoms with Crippen LogP contribution in [0.5, 0.6) is 0 Å². The third kappa shape index (κ3) is 3.07. The average molecular weight is 277 g/mol. The lowest BCUT2D eigenvalue weighted by atomic mass is 10.3. The number of amides is 1. The van der Waals surface area contributed by atoms with Crippen molar-refractivity contribution in [2.24, 2.45) is 5.84 Å². The summed E-state index contributed by atoms with van der Waals surface area (Å²) in [6.07, 6.45) is 2.35. The molecule has 2 heterocycles. The number of rotatable bonds is 4. The van der Waals surface area contributed by atoms with Gasteiger partial charge in [-0.3, -0.25) is 16.0 Å². The summed E-state index contributed by atoms with van der Waals surface area (Å²) in [6, 6.07) is 3.29. The standard InChI is InChI=1S/C12H15N5OS/c1-3-9-7(2)19-12(15-9)16-11(18)10-5-4-8(17-13)6-14-10/h4-6,17H,3,13H2,1-2H3,(H,15,16,18). The van der Waals surface area contributed by atoms with Gasteiger partial charge in [-0.05, 0) is 25.5 Å². The zero-order valence-electron chi connectivity index (χ0n) is 10.7. The molecule has 0 aromatic carbocycles. The summed E-state index contributed by atoms with van der Waals surface area (Å²) in [5.41, 5.74) is 4.44. The van der Waals surface area contributed by atoms with Crippen LogP contribution in [0.3, 0.4) is 0 Å². The number of carbonyl (C=O) groups excluding carboxylic acids is 1. The molecule has 0 aliphatic heterocycles. The fourth-order valence-electron chi connectivity index (χ4n) is 1.58. The molecule has 2 aromatic rings. The number of carbonyl (C=O) groups is 1. The fourth-order valence-corrected chi connectivity index (χ4v) is 2.48. The Morgan fingerprint density at radius 2 is 2.26 bits per heavy atom. The minimum absolute atomic E-state index is 0.278. The zero-order chi connectivity index (χ0) is 13.8. The van der Waals surface area contributed by atoms with Gasteiger partial charge in [-0.15, -0.1) is 11.3 Å². The molecule has 0 aliphatic rings. The molecule has 2 aromatic heterocycles. The number of nitrogens with zero attached hydrogens (tertiary/aromatic N) is 2. The first-order valence-electron chi connectivity index (χ1n) is 5.84. The third-order valence-corrected chi connectivity index (χ3v) is 3.54. The van der Waals surface area contributed by atoms with Crippen LogP contribution in [0.15, 0.2) is 18.3 Å². The minimum Gasteiger partial charge on any atom is -0.323 e. The van der Waals surface area contributed by atoms with Crippen LogP contribution in [-0.4, -0.2) is 15.9 Å². The molecule has 0 unspecified atom stereocenters. The number of nitrogens with one attached hydrogen (secondary N) is 2. The second-order valence-corrected chi connectivity index (χ2v) is 5.11. The maximum absolute atomic E-state index is 12.0. The topological polar surface area (TPSA) is 92.9 Å². The highest BCUT2D eigenvalue weighted by Gasteiger charge is 2.11. The number of anilines is 2. The predicted molar refractivity (Wildman–Crippen MR) is 76.2 cm³/mol. The second-order valence-electron chi connectivity index (χ2n) is 3.91. The molecule has 0 saturated heterocycles. The van der Waals surface area contributed by atoms with E-state index >= 15 is 0 Å². The van der Waals surface area contributed by atoms with E-state index in [1.165, 1.54) is 17.5 Å². The summed E-state index contributed by atoms with van der Waals surface area (Å²) >= 11 is 1.47. The van der Waals surface area contributed by atoms with Crippen molar-refractivity contribution in [3.05, 3.63) is 34.6 Å². The van der Waals surface area contributed by atoms with E-state index in [9.17, 15) is 4.79 Å². The molecule has 0 spiro atoms. The Morgan fingerprint density at radius 3 is 2.79 bits per heavy atom. The Labute approximate surface area is 115 Å². The molecule has 100 valence electrons. The first kappa shape index (κ1) is 13.4. The van der Waals surface area contributed by atoms with E-state index in [1.54, 1.807) is 12.1 Å². The first-order chi connectivity index (χ1) is 9.13. The van der Waals surface area contributed by atoms with E-state index in [-0.39, 0.29) is 5.91 Å². The van der Waals surface area contributed by atoms with E-state index < -0.39 is 0 Å². The lowest BCUT2D eigenvalue weighted by Crippen LogP contribution is -2.14. The summed E-state index contributed by atoms with van der Waals surface area (Å²) in [5, 5.41) is 3.34. The van der Waals surface area contributed by atoms with E-state index in [2.05, 4.69) is 20.7 Å². The number of nitrogen functional groups attached to an aromatic ring is 1. The average Bonchev–Trinajstić information content (AvgIpc) is 2.78. The number of pyridine rings is 1. The number of hydrogen-bond donors (Lipinski definition) is 3. The minimum atomic E-state index is -0.278. The van der Waals surface area contributed by atoms with Crippen molar-refractivity contribution in [1.29, 1.82) is 0 Å². The van der Waals surface area contributed by atoms with Crippen molar-refractivity contribution >= 4 is 28.1 Å². The van der Waals surface area contributed by atoms with E-state index in [0.717, 1.165) is 17.0 Å². The van der Waals surface area contributed by atoms with Crippen LogP contribution in [0.25, 0.3) is 0 Å². The van der Waals surface area contributed by atoms with Crippen molar-refractivity contribution in [2.45, 2.75) is 20.3 Å². The molecule has 0 atom stereocenters. The molecule has 4 N–H and O–H groups in total. The van der Waals surface area contributed by atoms with Gasteiger partial charge >= 0.3 is 0 Å². The maximum Gasteiger partial charge on any atom is 0.276 e. The van der Waals surface area contributed by atoms with E-state index in [4.69, 9.17) is 5.84 Å². The fraction of sp³-hybridized carbons (Fsp3) is 0.250. The van der Waals surface area contributed by atoms with Crippen LogP contribution in [0.1, 0.15) is 28.0 Å². The van der Waals surface area contributed by atoms with Gasteiger partial charge in [-0.2, -0.15) is 0 Å². The summed E-state index contributed by atoms with van der Waals surface area (Å²) in [5.74, 6) is 4.96. The highest BCUT2D eigenvalue weighted by molar-refractivity contribution is 7.15. The van der Waals surface area contributed by atoms with Gasteiger partial charge in [0.1, 0.15) is 5.69 Å². The molecule has 19 heavy (non-hydrogen) atoms. The number of hydrogen-bond acceptors (Lipinski definition) is 6. The Hall–Kier alpha value is -1.99. The summed E-state index contributed by atoms with van der Waals surface area (Å²) in [6.45, 7) is 4.03. The Balaban J connectivity index is 2.11. The number of thiazole rings is 1. The number of hydrazine groups is 1. The Kier molecular flexibility index (Phi) is 4.08. The largest absolute Gasteiger partial charge is 0.323 e. The van der Waals surface area contributed by atoms with Gasteiger partial charge in [-0.25, -0.2) is 9.97 Å². The first-order valence-corrected chi connectivity index (χ1v) is 6.66. The molecule has 7 heteroatoms. The molecule has 6 nitrogen and oxygen atoms in total. The van der Waals surface area contributed by atoms with Gasteiger partial charge in [0, 0.05) is 4.88 Å². The number of aryl methyl sites for hydroxylation is 2. The highest BCUT2D eigenvalue weighted by Crippen LogP contribution is 2.22. The van der Waals surface area contributed by atoms with Crippen LogP contribution >= 0.6 is 11.3 Å². The quantitative estimate of drug-likeness (QED) is 0.586. The van der Waals surface area contributed by atoms with Crippen LogP contribution in [0, 0.1) is 6.92 Å². The zero-order valence-corrected chi connectivity index (χ0v) is 11.5. The Bertz CT molecular complexity index is 578. The van der Waals surface area contributed by atoms with Crippen LogP contribution in [0.2, 0.25) is 0 Å². The van der Waals surface area contributed by atoms with Crippen molar-refractivity contribution < 1.29 is 4.79 Å². The van der Waals surface area contributed by atoms with Gasteiger partial charge < -0.3 is 5.43 Å². The van der Waals surface area contributed by atoms with Crippen LogP contribution in [-0.2, 0) is 6.42 Å². The lowest BCUT2D eigenvalue weighted by Gasteiger charge is -2.02. The molecule has 0 bridgehead atoms. The second kappa shape index (κ2) is 5.77. The summed E-state index contributed by atoms with van der Waals surface area (Å²) in [4.78, 5) is 21.5. The lowest BCUT2D eigenvalue weighted by molar-refractivity contribution is 0.102. The van der Waals surface area contributed by atoms with Crippen LogP contribution < -0.4 is 16.6 Å². The molecule has 2 rings (SSSR count). The molecular formula is C12H15N5OS. The van der Waals surface area contributed by atoms with Gasteiger partial charge in [0.2, 0.25) is 0 Å². The molecule has 1 amide bonds. The Morgan fingerprint density at radius 1 is 1.47 bits per heavy atom. The molecular weight excluding hydrogens is 262 g/mol. The molecule has 0 aliphatic carbocycles. The van der Waals surface area contributed by atoms with Crippen molar-refractivity contribution in [1.82, 2.24) is 9.97 Å². The van der Waals surface area contributed by atoms with Gasteiger partial charge in [0.15, 0.2) is 5.13 Å². The van der Waals surface area contributed by atoms with E-state index in [0.29, 0.717) is 16.5 Å².